The van der Waals surface area contributed by atoms with Gasteiger partial charge in [0.05, 0.1) is 6.61 Å². The Morgan fingerprint density at radius 2 is 2.11 bits per heavy atom. The molecule has 0 atom stereocenters. The minimum Gasteiger partial charge on any atom is -0.461 e. The van der Waals surface area contributed by atoms with Crippen LogP contribution >= 0.6 is 11.3 Å². The minimum absolute atomic E-state index is 0.301. The van der Waals surface area contributed by atoms with Crippen molar-refractivity contribution in [2.45, 2.75) is 6.92 Å². The van der Waals surface area contributed by atoms with Gasteiger partial charge in [-0.15, -0.1) is 11.3 Å². The lowest BCUT2D eigenvalue weighted by atomic mass is 10.1. The van der Waals surface area contributed by atoms with Gasteiger partial charge in [-0.25, -0.2) is 4.79 Å². The Morgan fingerprint density at radius 1 is 1.32 bits per heavy atom. The zero-order valence-corrected chi connectivity index (χ0v) is 11.3. The van der Waals surface area contributed by atoms with Crippen LogP contribution < -0.4 is 0 Å². The standard InChI is InChI=1S/C15H13NO2S/c1-2-18-15(17)13-8-11-12(9-19-14(11)16-13)10-6-4-3-5-7-10/h3-9,16H,2H2,1H3. The van der Waals surface area contributed by atoms with Crippen LogP contribution in [0.4, 0.5) is 0 Å². The molecule has 0 radical (unpaired) electrons. The first-order valence-electron chi connectivity index (χ1n) is 6.12. The number of hydrogen-bond acceptors (Lipinski definition) is 3. The van der Waals surface area contributed by atoms with Crippen molar-refractivity contribution in [2.24, 2.45) is 0 Å². The predicted molar refractivity (Wildman–Crippen MR) is 77.6 cm³/mol. The summed E-state index contributed by atoms with van der Waals surface area (Å²) >= 11 is 1.60. The number of H-pyrrole nitrogens is 1. The highest BCUT2D eigenvalue weighted by molar-refractivity contribution is 7.17. The van der Waals surface area contributed by atoms with E-state index in [9.17, 15) is 4.79 Å². The van der Waals surface area contributed by atoms with Gasteiger partial charge in [0.15, 0.2) is 0 Å². The number of thiophene rings is 1. The summed E-state index contributed by atoms with van der Waals surface area (Å²) in [5.74, 6) is -0.301. The molecule has 3 rings (SSSR count). The highest BCUT2D eigenvalue weighted by Gasteiger charge is 2.14. The summed E-state index contributed by atoms with van der Waals surface area (Å²) in [4.78, 5) is 15.8. The number of aromatic amines is 1. The summed E-state index contributed by atoms with van der Waals surface area (Å²) < 4.78 is 5.01. The van der Waals surface area contributed by atoms with Gasteiger partial charge < -0.3 is 9.72 Å². The molecule has 0 spiro atoms. The largest absolute Gasteiger partial charge is 0.461 e. The molecule has 96 valence electrons. The van der Waals surface area contributed by atoms with Crippen LogP contribution in [0.1, 0.15) is 17.4 Å². The van der Waals surface area contributed by atoms with Crippen LogP contribution in [0.15, 0.2) is 41.8 Å². The summed E-state index contributed by atoms with van der Waals surface area (Å²) in [6.45, 7) is 2.19. The number of carbonyl (C=O) groups is 1. The van der Waals surface area contributed by atoms with Gasteiger partial charge in [-0.2, -0.15) is 0 Å². The van der Waals surface area contributed by atoms with E-state index in [4.69, 9.17) is 4.74 Å². The first-order chi connectivity index (χ1) is 9.29. The average molecular weight is 271 g/mol. The van der Waals surface area contributed by atoms with Gasteiger partial charge >= 0.3 is 5.97 Å². The number of fused-ring (bicyclic) bond motifs is 1. The third kappa shape index (κ3) is 2.15. The van der Waals surface area contributed by atoms with Crippen molar-refractivity contribution in [3.8, 4) is 11.1 Å². The molecule has 3 nitrogen and oxygen atoms in total. The van der Waals surface area contributed by atoms with Crippen molar-refractivity contribution in [1.29, 1.82) is 0 Å². The average Bonchev–Trinajstić information content (AvgIpc) is 2.99. The normalized spacial score (nSPS) is 10.8. The molecular formula is C15H13NO2S. The maximum atomic E-state index is 11.7. The van der Waals surface area contributed by atoms with Gasteiger partial charge in [0, 0.05) is 16.3 Å². The van der Waals surface area contributed by atoms with E-state index in [0.717, 1.165) is 21.3 Å². The van der Waals surface area contributed by atoms with E-state index >= 15 is 0 Å². The maximum absolute atomic E-state index is 11.7. The Kier molecular flexibility index (Phi) is 3.09. The lowest BCUT2D eigenvalue weighted by molar-refractivity contribution is 0.0520. The molecule has 2 aromatic heterocycles. The summed E-state index contributed by atoms with van der Waals surface area (Å²) in [6.07, 6.45) is 0. The molecule has 0 amide bonds. The fourth-order valence-electron chi connectivity index (χ4n) is 2.07. The molecule has 0 aliphatic rings. The van der Waals surface area contributed by atoms with Gasteiger partial charge in [0.1, 0.15) is 10.5 Å². The van der Waals surface area contributed by atoms with Crippen molar-refractivity contribution in [3.63, 3.8) is 0 Å². The molecule has 0 fully saturated rings. The molecule has 1 N–H and O–H groups in total. The summed E-state index contributed by atoms with van der Waals surface area (Å²) in [5, 5.41) is 3.17. The molecule has 4 heteroatoms. The molecule has 0 saturated heterocycles. The van der Waals surface area contributed by atoms with Crippen molar-refractivity contribution in [1.82, 2.24) is 4.98 Å². The van der Waals surface area contributed by atoms with Crippen molar-refractivity contribution in [2.75, 3.05) is 6.61 Å². The van der Waals surface area contributed by atoms with Crippen molar-refractivity contribution in [3.05, 3.63) is 47.5 Å². The number of rotatable bonds is 3. The zero-order valence-electron chi connectivity index (χ0n) is 10.5. The Morgan fingerprint density at radius 3 is 2.84 bits per heavy atom. The number of benzene rings is 1. The molecule has 0 saturated carbocycles. The Hall–Kier alpha value is -2.07. The molecule has 2 heterocycles. The molecule has 3 aromatic rings. The minimum atomic E-state index is -0.301. The van der Waals surface area contributed by atoms with E-state index in [1.165, 1.54) is 0 Å². The van der Waals surface area contributed by atoms with Crippen molar-refractivity contribution >= 4 is 27.5 Å². The fourth-order valence-corrected chi connectivity index (χ4v) is 3.03. The van der Waals surface area contributed by atoms with E-state index in [-0.39, 0.29) is 5.97 Å². The Labute approximate surface area is 114 Å². The van der Waals surface area contributed by atoms with Gasteiger partial charge in [-0.05, 0) is 18.6 Å². The SMILES string of the molecule is CCOC(=O)c1cc2c(-c3ccccc3)csc2[nH]1. The number of aromatic nitrogens is 1. The highest BCUT2D eigenvalue weighted by atomic mass is 32.1. The van der Waals surface area contributed by atoms with E-state index in [2.05, 4.69) is 22.5 Å². The second kappa shape index (κ2) is 4.90. The second-order valence-corrected chi connectivity index (χ2v) is 5.04. The van der Waals surface area contributed by atoms with Crippen molar-refractivity contribution < 1.29 is 9.53 Å². The highest BCUT2D eigenvalue weighted by Crippen LogP contribution is 2.34. The van der Waals surface area contributed by atoms with Gasteiger partial charge in [0.2, 0.25) is 0 Å². The molecule has 1 aromatic carbocycles. The summed E-state index contributed by atoms with van der Waals surface area (Å²) in [5.41, 5.74) is 2.82. The van der Waals surface area contributed by atoms with Crippen LogP contribution in [-0.4, -0.2) is 17.6 Å². The van der Waals surface area contributed by atoms with Gasteiger partial charge in [-0.3, -0.25) is 0 Å². The zero-order chi connectivity index (χ0) is 13.2. The maximum Gasteiger partial charge on any atom is 0.354 e. The Bertz CT molecular complexity index is 712. The molecule has 0 unspecified atom stereocenters. The van der Waals surface area contributed by atoms with Crippen LogP contribution in [0.25, 0.3) is 21.3 Å². The van der Waals surface area contributed by atoms with Gasteiger partial charge in [-0.1, -0.05) is 30.3 Å². The molecule has 19 heavy (non-hydrogen) atoms. The van der Waals surface area contributed by atoms with Crippen LogP contribution in [0.3, 0.4) is 0 Å². The van der Waals surface area contributed by atoms with E-state index in [1.807, 2.05) is 24.3 Å². The van der Waals surface area contributed by atoms with Crippen LogP contribution in [0.2, 0.25) is 0 Å². The first kappa shape index (κ1) is 12.0. The number of carbonyl (C=O) groups excluding carboxylic acids is 1. The molecule has 0 aliphatic heterocycles. The summed E-state index contributed by atoms with van der Waals surface area (Å²) in [6, 6.07) is 12.0. The van der Waals surface area contributed by atoms with Gasteiger partial charge in [0.25, 0.3) is 0 Å². The van der Waals surface area contributed by atoms with E-state index < -0.39 is 0 Å². The quantitative estimate of drug-likeness (QED) is 0.729. The topological polar surface area (TPSA) is 42.1 Å². The molecule has 0 aliphatic carbocycles. The lowest BCUT2D eigenvalue weighted by Crippen LogP contribution is -2.04. The monoisotopic (exact) mass is 271 g/mol. The van der Waals surface area contributed by atoms with Crippen LogP contribution in [-0.2, 0) is 4.74 Å². The lowest BCUT2D eigenvalue weighted by Gasteiger charge is -1.98. The third-order valence-corrected chi connectivity index (χ3v) is 3.86. The number of hydrogen-bond donors (Lipinski definition) is 1. The number of esters is 1. The molecular weight excluding hydrogens is 258 g/mol. The Balaban J connectivity index is 2.06. The second-order valence-electron chi connectivity index (χ2n) is 4.16. The number of ether oxygens (including phenoxy) is 1. The smallest absolute Gasteiger partial charge is 0.354 e. The third-order valence-electron chi connectivity index (χ3n) is 2.95. The predicted octanol–water partition coefficient (Wildman–Crippen LogP) is 4.07. The fraction of sp³-hybridized carbons (Fsp3) is 0.133. The molecule has 0 bridgehead atoms. The summed E-state index contributed by atoms with van der Waals surface area (Å²) in [7, 11) is 0. The van der Waals surface area contributed by atoms with Crippen LogP contribution in [0, 0.1) is 0 Å². The first-order valence-corrected chi connectivity index (χ1v) is 7.00. The van der Waals surface area contributed by atoms with Crippen LogP contribution in [0.5, 0.6) is 0 Å². The number of nitrogens with one attached hydrogen (secondary N) is 1. The van der Waals surface area contributed by atoms with E-state index in [1.54, 1.807) is 18.3 Å². The van der Waals surface area contributed by atoms with E-state index in [0.29, 0.717) is 12.3 Å².